The fraction of sp³-hybridized carbons (Fsp3) is 0.533. The maximum atomic E-state index is 12.2. The van der Waals surface area contributed by atoms with Crippen molar-refractivity contribution in [1.29, 1.82) is 0 Å². The Morgan fingerprint density at radius 1 is 1.38 bits per heavy atom. The molecule has 2 N–H and O–H groups in total. The molecule has 0 aliphatic heterocycles. The van der Waals surface area contributed by atoms with Crippen LogP contribution >= 0.6 is 0 Å². The molecular weight excluding hydrogens is 270 g/mol. The Morgan fingerprint density at radius 2 is 1.95 bits per heavy atom. The van der Waals surface area contributed by atoms with Gasteiger partial charge in [0, 0.05) is 31.1 Å². The third kappa shape index (κ3) is 4.82. The van der Waals surface area contributed by atoms with Crippen LogP contribution in [0.4, 0.5) is 5.69 Å². The van der Waals surface area contributed by atoms with Gasteiger partial charge >= 0.3 is 0 Å². The molecular formula is C15H23N3O3. The first kappa shape index (κ1) is 17.1. The molecule has 0 radical (unpaired) electrons. The van der Waals surface area contributed by atoms with Gasteiger partial charge in [-0.3, -0.25) is 14.9 Å². The van der Waals surface area contributed by atoms with E-state index in [0.717, 1.165) is 0 Å². The topological polar surface area (TPSA) is 89.5 Å². The highest BCUT2D eigenvalue weighted by Gasteiger charge is 2.25. The highest BCUT2D eigenvalue weighted by Crippen LogP contribution is 2.22. The molecule has 116 valence electrons. The molecule has 0 saturated carbocycles. The highest BCUT2D eigenvalue weighted by atomic mass is 16.6. The summed E-state index contributed by atoms with van der Waals surface area (Å²) in [7, 11) is 1.63. The second-order valence-electron chi connectivity index (χ2n) is 6.31. The summed E-state index contributed by atoms with van der Waals surface area (Å²) in [5.41, 5.74) is 6.39. The van der Waals surface area contributed by atoms with Crippen LogP contribution < -0.4 is 5.73 Å². The summed E-state index contributed by atoms with van der Waals surface area (Å²) >= 11 is 0. The molecule has 6 heteroatoms. The maximum Gasteiger partial charge on any atom is 0.274 e. The summed E-state index contributed by atoms with van der Waals surface area (Å²) in [5, 5.41) is 11.0. The fourth-order valence-corrected chi connectivity index (χ4v) is 1.82. The molecule has 1 atom stereocenters. The summed E-state index contributed by atoms with van der Waals surface area (Å²) in [6.45, 7) is 6.14. The number of hydrogen-bond acceptors (Lipinski definition) is 4. The Bertz CT molecular complexity index is 523. The van der Waals surface area contributed by atoms with E-state index in [2.05, 4.69) is 0 Å². The number of carbonyl (C=O) groups excluding carboxylic acids is 1. The van der Waals surface area contributed by atoms with Gasteiger partial charge in [-0.1, -0.05) is 39.0 Å². The van der Waals surface area contributed by atoms with Crippen LogP contribution in [0.5, 0.6) is 0 Å². The Labute approximate surface area is 125 Å². The summed E-state index contributed by atoms with van der Waals surface area (Å²) in [4.78, 5) is 24.2. The van der Waals surface area contributed by atoms with Crippen LogP contribution in [-0.4, -0.2) is 28.8 Å². The van der Waals surface area contributed by atoms with E-state index in [9.17, 15) is 14.9 Å². The lowest BCUT2D eigenvalue weighted by Crippen LogP contribution is -2.40. The number of nitrogens with two attached hydrogens (primary N) is 1. The number of hydrogen-bond donors (Lipinski definition) is 1. The zero-order valence-electron chi connectivity index (χ0n) is 13.0. The van der Waals surface area contributed by atoms with Crippen molar-refractivity contribution in [3.05, 3.63) is 39.9 Å². The first-order valence-electron chi connectivity index (χ1n) is 6.84. The number of amides is 1. The molecule has 6 nitrogen and oxygen atoms in total. The van der Waals surface area contributed by atoms with Crippen LogP contribution in [0.2, 0.25) is 0 Å². The summed E-state index contributed by atoms with van der Waals surface area (Å²) in [6, 6.07) is 6.18. The predicted molar refractivity (Wildman–Crippen MR) is 81.6 cm³/mol. The third-order valence-corrected chi connectivity index (χ3v) is 3.53. The van der Waals surface area contributed by atoms with Gasteiger partial charge in [0.05, 0.1) is 11.5 Å². The summed E-state index contributed by atoms with van der Waals surface area (Å²) in [5.74, 6) is -0.115. The van der Waals surface area contributed by atoms with Crippen molar-refractivity contribution in [2.75, 3.05) is 7.05 Å². The number of benzene rings is 1. The molecule has 0 aliphatic carbocycles. The molecule has 1 aromatic carbocycles. The summed E-state index contributed by atoms with van der Waals surface area (Å²) in [6.07, 6.45) is 0.223. The van der Waals surface area contributed by atoms with E-state index in [1.807, 2.05) is 20.8 Å². The number of nitro benzene ring substituents is 1. The van der Waals surface area contributed by atoms with Gasteiger partial charge in [-0.15, -0.1) is 0 Å². The lowest BCUT2D eigenvalue weighted by atomic mass is 9.85. The molecule has 0 heterocycles. The average Bonchev–Trinajstić information content (AvgIpc) is 2.37. The van der Waals surface area contributed by atoms with Crippen LogP contribution in [-0.2, 0) is 11.3 Å². The van der Waals surface area contributed by atoms with Crippen LogP contribution in [0.3, 0.4) is 0 Å². The van der Waals surface area contributed by atoms with Gasteiger partial charge < -0.3 is 10.6 Å². The smallest absolute Gasteiger partial charge is 0.274 e. The minimum Gasteiger partial charge on any atom is -0.341 e. The third-order valence-electron chi connectivity index (χ3n) is 3.53. The number of nitrogens with zero attached hydrogens (tertiary/aromatic N) is 2. The SMILES string of the molecule is CN(Cc1ccccc1[N+](=O)[O-])C(=O)CC(N)C(C)(C)C. The standard InChI is InChI=1S/C15H23N3O3/c1-15(2,3)13(16)9-14(19)17(4)10-11-7-5-6-8-12(11)18(20)21/h5-8,13H,9-10,16H2,1-4H3. The van der Waals surface area contributed by atoms with Crippen molar-refractivity contribution in [3.63, 3.8) is 0 Å². The zero-order chi connectivity index (χ0) is 16.2. The van der Waals surface area contributed by atoms with Crippen molar-refractivity contribution in [3.8, 4) is 0 Å². The van der Waals surface area contributed by atoms with E-state index < -0.39 is 4.92 Å². The molecule has 0 spiro atoms. The second-order valence-corrected chi connectivity index (χ2v) is 6.31. The quantitative estimate of drug-likeness (QED) is 0.666. The molecule has 1 aromatic rings. The highest BCUT2D eigenvalue weighted by molar-refractivity contribution is 5.76. The normalized spacial score (nSPS) is 12.8. The van der Waals surface area contributed by atoms with Gasteiger partial charge in [0.1, 0.15) is 0 Å². The van der Waals surface area contributed by atoms with E-state index in [4.69, 9.17) is 5.73 Å². The predicted octanol–water partition coefficient (Wildman–Crippen LogP) is 2.32. The van der Waals surface area contributed by atoms with E-state index in [-0.39, 0.29) is 36.0 Å². The van der Waals surface area contributed by atoms with Crippen molar-refractivity contribution >= 4 is 11.6 Å². The number of nitro groups is 1. The molecule has 1 rings (SSSR count). The van der Waals surface area contributed by atoms with Gasteiger partial charge in [0.25, 0.3) is 5.69 Å². The summed E-state index contributed by atoms with van der Waals surface area (Å²) < 4.78 is 0. The first-order valence-corrected chi connectivity index (χ1v) is 6.84. The van der Waals surface area contributed by atoms with Crippen molar-refractivity contribution < 1.29 is 9.72 Å². The van der Waals surface area contributed by atoms with Gasteiger partial charge in [0.15, 0.2) is 0 Å². The molecule has 0 saturated heterocycles. The van der Waals surface area contributed by atoms with Gasteiger partial charge in [-0.25, -0.2) is 0 Å². The first-order chi connectivity index (χ1) is 9.62. The Balaban J connectivity index is 2.76. The van der Waals surface area contributed by atoms with E-state index in [1.165, 1.54) is 11.0 Å². The number of carbonyl (C=O) groups is 1. The van der Waals surface area contributed by atoms with Gasteiger partial charge in [0.2, 0.25) is 5.91 Å². The monoisotopic (exact) mass is 293 g/mol. The van der Waals surface area contributed by atoms with Crippen molar-refractivity contribution in [1.82, 2.24) is 4.90 Å². The van der Waals surface area contributed by atoms with Crippen molar-refractivity contribution in [2.24, 2.45) is 11.1 Å². The molecule has 21 heavy (non-hydrogen) atoms. The van der Waals surface area contributed by atoms with Crippen LogP contribution in [0.25, 0.3) is 0 Å². The molecule has 0 aliphatic rings. The van der Waals surface area contributed by atoms with Crippen molar-refractivity contribution in [2.45, 2.75) is 39.8 Å². The maximum absolute atomic E-state index is 12.2. The van der Waals surface area contributed by atoms with Crippen LogP contribution in [0.1, 0.15) is 32.8 Å². The van der Waals surface area contributed by atoms with Gasteiger partial charge in [-0.2, -0.15) is 0 Å². The average molecular weight is 293 g/mol. The lowest BCUT2D eigenvalue weighted by Gasteiger charge is -2.28. The minimum atomic E-state index is -0.436. The zero-order valence-corrected chi connectivity index (χ0v) is 13.0. The number of rotatable bonds is 5. The molecule has 0 fully saturated rings. The largest absolute Gasteiger partial charge is 0.341 e. The molecule has 0 bridgehead atoms. The number of para-hydroxylation sites is 1. The molecule has 0 aromatic heterocycles. The Morgan fingerprint density at radius 3 is 2.48 bits per heavy atom. The Hall–Kier alpha value is -1.95. The van der Waals surface area contributed by atoms with E-state index in [1.54, 1.807) is 25.2 Å². The molecule has 1 amide bonds. The van der Waals surface area contributed by atoms with E-state index in [0.29, 0.717) is 5.56 Å². The molecule has 1 unspecified atom stereocenters. The van der Waals surface area contributed by atoms with Gasteiger partial charge in [-0.05, 0) is 5.41 Å². The lowest BCUT2D eigenvalue weighted by molar-refractivity contribution is -0.385. The fourth-order valence-electron chi connectivity index (χ4n) is 1.82. The Kier molecular flexibility index (Phi) is 5.43. The minimum absolute atomic E-state index is 0.0252. The van der Waals surface area contributed by atoms with Crippen LogP contribution in [0.15, 0.2) is 24.3 Å². The van der Waals surface area contributed by atoms with Crippen LogP contribution in [0, 0.1) is 15.5 Å². The van der Waals surface area contributed by atoms with E-state index >= 15 is 0 Å². The second kappa shape index (κ2) is 6.67.